The molecule has 2 aliphatic rings. The van der Waals surface area contributed by atoms with Crippen LogP contribution in [-0.4, -0.2) is 40.6 Å². The Morgan fingerprint density at radius 1 is 1.41 bits per heavy atom. The number of carbonyl (C=O) groups excluding carboxylic acids is 2. The number of ether oxygens (including phenoxy) is 1. The summed E-state index contributed by atoms with van der Waals surface area (Å²) in [4.78, 5) is 30.4. The fourth-order valence-electron chi connectivity index (χ4n) is 2.91. The van der Waals surface area contributed by atoms with E-state index in [0.717, 1.165) is 6.42 Å². The molecule has 1 aromatic rings. The predicted octanol–water partition coefficient (Wildman–Crippen LogP) is 2.28. The van der Waals surface area contributed by atoms with Crippen molar-refractivity contribution in [1.29, 1.82) is 0 Å². The van der Waals surface area contributed by atoms with Crippen molar-refractivity contribution >= 4 is 17.8 Å². The van der Waals surface area contributed by atoms with Gasteiger partial charge >= 0.3 is 6.09 Å². The Morgan fingerprint density at radius 3 is 2.91 bits per heavy atom. The SMILES string of the molecule is CC(C)COC(=O)N1C(C(=O)Nc2ccccn2)CC2CC21. The lowest BCUT2D eigenvalue weighted by Gasteiger charge is -2.26. The zero-order valence-electron chi connectivity index (χ0n) is 12.9. The second kappa shape index (κ2) is 5.94. The van der Waals surface area contributed by atoms with Gasteiger partial charge in [0.25, 0.3) is 0 Å². The number of nitrogens with zero attached hydrogens (tertiary/aromatic N) is 2. The van der Waals surface area contributed by atoms with Crippen LogP contribution in [0.15, 0.2) is 24.4 Å². The van der Waals surface area contributed by atoms with Crippen LogP contribution in [0.1, 0.15) is 26.7 Å². The average Bonchev–Trinajstić information content (AvgIpc) is 3.16. The smallest absolute Gasteiger partial charge is 0.410 e. The summed E-state index contributed by atoms with van der Waals surface area (Å²) in [7, 11) is 0. The van der Waals surface area contributed by atoms with Gasteiger partial charge in [0.2, 0.25) is 5.91 Å². The van der Waals surface area contributed by atoms with E-state index in [1.54, 1.807) is 23.2 Å². The minimum atomic E-state index is -0.453. The molecule has 3 rings (SSSR count). The molecule has 2 amide bonds. The third-order valence-electron chi connectivity index (χ3n) is 4.07. The highest BCUT2D eigenvalue weighted by Gasteiger charge is 2.56. The van der Waals surface area contributed by atoms with Gasteiger partial charge in [-0.3, -0.25) is 9.69 Å². The zero-order chi connectivity index (χ0) is 15.7. The standard InChI is InChI=1S/C16H21N3O3/c1-10(2)9-22-16(21)19-12-7-11(12)8-13(19)15(20)18-14-5-3-4-6-17-14/h3-6,10-13H,7-9H2,1-2H3,(H,17,18,20). The lowest BCUT2D eigenvalue weighted by molar-refractivity contribution is -0.120. The first-order valence-corrected chi connectivity index (χ1v) is 7.73. The number of amides is 2. The summed E-state index contributed by atoms with van der Waals surface area (Å²) in [5.74, 6) is 1.03. The molecule has 22 heavy (non-hydrogen) atoms. The average molecular weight is 303 g/mol. The van der Waals surface area contributed by atoms with Crippen molar-refractivity contribution in [3.63, 3.8) is 0 Å². The van der Waals surface area contributed by atoms with E-state index in [0.29, 0.717) is 24.8 Å². The molecule has 6 heteroatoms. The molecule has 3 unspecified atom stereocenters. The molecule has 0 bridgehead atoms. The Kier molecular flexibility index (Phi) is 4.00. The molecule has 2 heterocycles. The number of pyridine rings is 1. The van der Waals surface area contributed by atoms with Gasteiger partial charge in [-0.1, -0.05) is 19.9 Å². The molecule has 1 aliphatic carbocycles. The normalized spacial score (nSPS) is 25.8. The van der Waals surface area contributed by atoms with Crippen LogP contribution in [0.2, 0.25) is 0 Å². The third kappa shape index (κ3) is 3.05. The minimum absolute atomic E-state index is 0.166. The van der Waals surface area contributed by atoms with Crippen molar-refractivity contribution in [3.8, 4) is 0 Å². The van der Waals surface area contributed by atoms with Crippen molar-refractivity contribution in [2.75, 3.05) is 11.9 Å². The van der Waals surface area contributed by atoms with Gasteiger partial charge in [0.15, 0.2) is 0 Å². The molecule has 6 nitrogen and oxygen atoms in total. The van der Waals surface area contributed by atoms with Crippen molar-refractivity contribution < 1.29 is 14.3 Å². The Hall–Kier alpha value is -2.11. The summed E-state index contributed by atoms with van der Waals surface area (Å²) in [6.45, 7) is 4.35. The topological polar surface area (TPSA) is 71.5 Å². The number of aromatic nitrogens is 1. The fraction of sp³-hybridized carbons (Fsp3) is 0.562. The number of piperidine rings is 1. The van der Waals surface area contributed by atoms with Crippen LogP contribution in [0.3, 0.4) is 0 Å². The lowest BCUT2D eigenvalue weighted by Crippen LogP contribution is -2.46. The highest BCUT2D eigenvalue weighted by atomic mass is 16.6. The molecule has 0 spiro atoms. The summed E-state index contributed by atoms with van der Waals surface area (Å²) in [6.07, 6.45) is 2.93. The number of rotatable bonds is 4. The first-order valence-electron chi connectivity index (χ1n) is 7.73. The van der Waals surface area contributed by atoms with E-state index in [9.17, 15) is 9.59 Å². The van der Waals surface area contributed by atoms with E-state index < -0.39 is 6.04 Å². The summed E-state index contributed by atoms with van der Waals surface area (Å²) >= 11 is 0. The minimum Gasteiger partial charge on any atom is -0.449 e. The number of hydrogen-bond acceptors (Lipinski definition) is 4. The number of nitrogens with one attached hydrogen (secondary N) is 1. The number of anilines is 1. The first-order chi connectivity index (χ1) is 10.6. The number of hydrogen-bond donors (Lipinski definition) is 1. The van der Waals surface area contributed by atoms with E-state index in [2.05, 4.69) is 10.3 Å². The van der Waals surface area contributed by atoms with Gasteiger partial charge in [-0.05, 0) is 36.8 Å². The van der Waals surface area contributed by atoms with Crippen LogP contribution < -0.4 is 5.32 Å². The number of fused-ring (bicyclic) bond motifs is 1. The van der Waals surface area contributed by atoms with E-state index >= 15 is 0 Å². The predicted molar refractivity (Wildman–Crippen MR) is 81.2 cm³/mol. The van der Waals surface area contributed by atoms with Crippen molar-refractivity contribution in [2.45, 2.75) is 38.8 Å². The number of carbonyl (C=O) groups is 2. The highest BCUT2D eigenvalue weighted by Crippen LogP contribution is 2.48. The molecule has 1 N–H and O–H groups in total. The monoisotopic (exact) mass is 303 g/mol. The van der Waals surface area contributed by atoms with Crippen molar-refractivity contribution in [2.24, 2.45) is 11.8 Å². The summed E-state index contributed by atoms with van der Waals surface area (Å²) in [5.41, 5.74) is 0. The van der Waals surface area contributed by atoms with Gasteiger partial charge in [0, 0.05) is 12.2 Å². The maximum atomic E-state index is 12.4. The molecular weight excluding hydrogens is 282 g/mol. The first kappa shape index (κ1) is 14.8. The van der Waals surface area contributed by atoms with Crippen LogP contribution in [-0.2, 0) is 9.53 Å². The van der Waals surface area contributed by atoms with Gasteiger partial charge in [0.05, 0.1) is 6.61 Å². The molecule has 1 saturated heterocycles. The maximum absolute atomic E-state index is 12.4. The summed E-state index contributed by atoms with van der Waals surface area (Å²) in [5, 5.41) is 2.78. The molecule has 3 atom stereocenters. The van der Waals surface area contributed by atoms with Crippen LogP contribution in [0.25, 0.3) is 0 Å². The van der Waals surface area contributed by atoms with Gasteiger partial charge in [0.1, 0.15) is 11.9 Å². The molecule has 118 valence electrons. The van der Waals surface area contributed by atoms with Crippen LogP contribution in [0.4, 0.5) is 10.6 Å². The molecule has 0 aromatic carbocycles. The highest BCUT2D eigenvalue weighted by molar-refractivity contribution is 5.96. The van der Waals surface area contributed by atoms with E-state index in [1.807, 2.05) is 19.9 Å². The fourth-order valence-corrected chi connectivity index (χ4v) is 2.91. The molecule has 2 fully saturated rings. The van der Waals surface area contributed by atoms with E-state index in [-0.39, 0.29) is 24.0 Å². The lowest BCUT2D eigenvalue weighted by atomic mass is 10.1. The molecular formula is C16H21N3O3. The van der Waals surface area contributed by atoms with Crippen LogP contribution in [0.5, 0.6) is 0 Å². The summed E-state index contributed by atoms with van der Waals surface area (Å²) < 4.78 is 5.31. The van der Waals surface area contributed by atoms with Gasteiger partial charge in [-0.25, -0.2) is 9.78 Å². The van der Waals surface area contributed by atoms with Crippen LogP contribution in [0, 0.1) is 11.8 Å². The molecule has 1 saturated carbocycles. The van der Waals surface area contributed by atoms with Crippen molar-refractivity contribution in [1.82, 2.24) is 9.88 Å². The van der Waals surface area contributed by atoms with Gasteiger partial charge < -0.3 is 10.1 Å². The van der Waals surface area contributed by atoms with Crippen molar-refractivity contribution in [3.05, 3.63) is 24.4 Å². The largest absolute Gasteiger partial charge is 0.449 e. The Labute approximate surface area is 129 Å². The van der Waals surface area contributed by atoms with Crippen LogP contribution >= 0.6 is 0 Å². The Balaban J connectivity index is 1.64. The Morgan fingerprint density at radius 2 is 2.23 bits per heavy atom. The quantitative estimate of drug-likeness (QED) is 0.926. The second-order valence-electron chi connectivity index (χ2n) is 6.40. The Bertz CT molecular complexity index is 561. The summed E-state index contributed by atoms with van der Waals surface area (Å²) in [6, 6.07) is 5.04. The third-order valence-corrected chi connectivity index (χ3v) is 4.07. The van der Waals surface area contributed by atoms with Gasteiger partial charge in [-0.15, -0.1) is 0 Å². The molecule has 1 aliphatic heterocycles. The van der Waals surface area contributed by atoms with Gasteiger partial charge in [-0.2, -0.15) is 0 Å². The van der Waals surface area contributed by atoms with E-state index in [1.165, 1.54) is 0 Å². The zero-order valence-corrected chi connectivity index (χ0v) is 12.9. The second-order valence-corrected chi connectivity index (χ2v) is 6.40. The van der Waals surface area contributed by atoms with E-state index in [4.69, 9.17) is 4.74 Å². The molecule has 1 aromatic heterocycles. The number of likely N-dealkylation sites (tertiary alicyclic amines) is 1. The maximum Gasteiger partial charge on any atom is 0.410 e. The molecule has 0 radical (unpaired) electrons.